The Bertz CT molecular complexity index is 2520. The number of carbonyl (C=O) groups excluding carboxylic acids is 4. The van der Waals surface area contributed by atoms with Gasteiger partial charge in [-0.15, -0.1) is 0 Å². The summed E-state index contributed by atoms with van der Waals surface area (Å²) < 4.78 is 73.2. The van der Waals surface area contributed by atoms with E-state index in [0.717, 1.165) is 116 Å². The summed E-state index contributed by atoms with van der Waals surface area (Å²) in [5, 5.41) is 102. The van der Waals surface area contributed by atoms with E-state index in [9.17, 15) is 74.6 Å². The Balaban J connectivity index is 1.95. The number of carbonyl (C=O) groups is 4. The van der Waals surface area contributed by atoms with Crippen molar-refractivity contribution in [2.75, 3.05) is 26.4 Å². The van der Waals surface area contributed by atoms with E-state index in [1.165, 1.54) is 154 Å². The van der Waals surface area contributed by atoms with Crippen molar-refractivity contribution < 1.29 is 122 Å². The molecule has 114 heavy (non-hydrogen) atoms. The van der Waals surface area contributed by atoms with Gasteiger partial charge in [0, 0.05) is 25.7 Å². The third-order valence-corrected chi connectivity index (χ3v) is 22.8. The van der Waals surface area contributed by atoms with Crippen molar-refractivity contribution in [3.8, 4) is 0 Å². The molecule has 0 bridgehead atoms. The first kappa shape index (κ1) is 105. The van der Waals surface area contributed by atoms with Crippen LogP contribution < -0.4 is 0 Å². The second kappa shape index (κ2) is 67.4. The lowest BCUT2D eigenvalue weighted by molar-refractivity contribution is -0.360. The number of hydrogen-bond acceptors (Lipinski definition) is 24. The zero-order valence-corrected chi connectivity index (χ0v) is 71.5. The van der Waals surface area contributed by atoms with E-state index >= 15 is 0 Å². The van der Waals surface area contributed by atoms with Crippen LogP contribution in [0.5, 0.6) is 0 Å². The molecule has 0 aromatic carbocycles. The molecule has 0 amide bonds. The normalized spacial score (nSPS) is 25.5. The van der Waals surface area contributed by atoms with Gasteiger partial charge < -0.3 is 88.7 Å². The Labute approximate surface area is 685 Å². The maximum absolute atomic E-state index is 14.9. The molecule has 18 atom stereocenters. The molecule has 25 nitrogen and oxygen atoms in total. The summed E-state index contributed by atoms with van der Waals surface area (Å²) in [5.41, 5.74) is 0. The van der Waals surface area contributed by atoms with E-state index in [1.54, 1.807) is 0 Å². The Kier molecular flexibility index (Phi) is 62.0. The molecule has 0 aromatic rings. The Morgan fingerprint density at radius 1 is 0.342 bits per heavy atom. The number of phosphoric ester groups is 1. The average Bonchev–Trinajstić information content (AvgIpc) is 0.755. The van der Waals surface area contributed by atoms with Crippen LogP contribution in [-0.4, -0.2) is 205 Å². The number of phosphoric acid groups is 1. The van der Waals surface area contributed by atoms with Crippen LogP contribution in [-0.2, 0) is 70.7 Å². The van der Waals surface area contributed by atoms with Gasteiger partial charge >= 0.3 is 31.7 Å². The molecule has 1 aliphatic carbocycles. The fourth-order valence-electron chi connectivity index (χ4n) is 14.6. The Morgan fingerprint density at radius 3 is 1.05 bits per heavy atom. The van der Waals surface area contributed by atoms with Crippen LogP contribution in [0.25, 0.3) is 0 Å². The zero-order chi connectivity index (χ0) is 83.2. The minimum atomic E-state index is -5.81. The van der Waals surface area contributed by atoms with Crippen LogP contribution in [0.2, 0.25) is 0 Å². The second-order valence-electron chi connectivity index (χ2n) is 32.1. The van der Waals surface area contributed by atoms with Crippen molar-refractivity contribution >= 4 is 31.7 Å². The van der Waals surface area contributed by atoms with Crippen LogP contribution in [0, 0.1) is 0 Å². The van der Waals surface area contributed by atoms with Gasteiger partial charge in [0.15, 0.2) is 24.8 Å². The summed E-state index contributed by atoms with van der Waals surface area (Å²) in [5.74, 6) is -3.03. The first-order valence-corrected chi connectivity index (χ1v) is 46.7. The zero-order valence-electron chi connectivity index (χ0n) is 70.6. The summed E-state index contributed by atoms with van der Waals surface area (Å²) >= 11 is 0. The van der Waals surface area contributed by atoms with Gasteiger partial charge in [-0.25, -0.2) is 4.57 Å². The SMILES string of the molecule is CCCCCCCC/C=C\CCCCCC(=O)OCC(COP(=O)(O)OC1C(OC2OC(CO)C(O)C(O)C2O)C(O)C(O)C(OC(=O)CCCCCCCCCCCCCCCCCC)C1OC1OC(COC(=O)CCCCC/C=C\CCCCCCCC)C(O)C(O)C1O)OC(=O)CCCCC/C=C\CCCCCCCC. The molecule has 666 valence electrons. The highest BCUT2D eigenvalue weighted by Crippen LogP contribution is 2.49. The fourth-order valence-corrected chi connectivity index (χ4v) is 15.6. The van der Waals surface area contributed by atoms with Gasteiger partial charge in [0.2, 0.25) is 0 Å². The third-order valence-electron chi connectivity index (χ3n) is 21.8. The Morgan fingerprint density at radius 2 is 0.658 bits per heavy atom. The molecule has 1 saturated carbocycles. The molecule has 26 heteroatoms. The lowest BCUT2D eigenvalue weighted by Gasteiger charge is -2.50. The number of rotatable bonds is 72. The first-order valence-electron chi connectivity index (χ1n) is 45.2. The first-order chi connectivity index (χ1) is 55.2. The monoisotopic (exact) mass is 1650 g/mol. The highest BCUT2D eigenvalue weighted by molar-refractivity contribution is 7.47. The predicted molar refractivity (Wildman–Crippen MR) is 439 cm³/mol. The number of aliphatic hydroxyl groups excluding tert-OH is 9. The number of hydrogen-bond donors (Lipinski definition) is 10. The van der Waals surface area contributed by atoms with Crippen molar-refractivity contribution in [1.29, 1.82) is 0 Å². The van der Waals surface area contributed by atoms with Crippen LogP contribution in [0.4, 0.5) is 0 Å². The van der Waals surface area contributed by atoms with Crippen LogP contribution in [0.3, 0.4) is 0 Å². The molecule has 2 saturated heterocycles. The minimum absolute atomic E-state index is 0.00776. The molecule has 0 spiro atoms. The van der Waals surface area contributed by atoms with E-state index in [4.69, 9.17) is 46.9 Å². The summed E-state index contributed by atoms with van der Waals surface area (Å²) in [6, 6.07) is 0. The number of allylic oxidation sites excluding steroid dienone is 6. The number of aliphatic hydroxyl groups is 9. The highest BCUT2D eigenvalue weighted by Gasteiger charge is 2.60. The summed E-state index contributed by atoms with van der Waals surface area (Å²) in [6.45, 7) is 5.51. The molecule has 2 aliphatic heterocycles. The predicted octanol–water partition coefficient (Wildman–Crippen LogP) is 15.9. The van der Waals surface area contributed by atoms with Gasteiger partial charge in [0.1, 0.15) is 92.6 Å². The number of unbranched alkanes of at least 4 members (excludes halogenated alkanes) is 42. The second-order valence-corrected chi connectivity index (χ2v) is 33.5. The minimum Gasteiger partial charge on any atom is -0.463 e. The molecule has 3 rings (SSSR count). The van der Waals surface area contributed by atoms with E-state index in [2.05, 4.69) is 64.2 Å². The van der Waals surface area contributed by atoms with Gasteiger partial charge in [-0.2, -0.15) is 0 Å². The molecular weight excluding hydrogens is 1490 g/mol. The molecule has 2 heterocycles. The van der Waals surface area contributed by atoms with E-state index in [-0.39, 0.29) is 25.7 Å². The standard InChI is InChI=1S/C88H159O25P/c1-5-9-13-17-21-25-29-33-34-35-39-43-47-51-55-59-63-74(93)110-83-79(98)80(99)84(111-87-81(100)77(96)75(94)69(64-89)108-87)86(85(83)112-88-82(101)78(97)76(95)70(109-88)67-105-72(91)61-57-53-49-45-41-37-31-27-23-19-15-11-7-3)113-114(102,103)106-66-68(107-73(92)62-58-54-50-46-42-38-32-28-24-20-16-12-8-4)65-104-71(90)60-56-52-48-44-40-36-30-26-22-18-14-10-6-2/h36-38,40-42,68-70,75-89,94-101H,5-35,39,43-67H2,1-4H3,(H,102,103)/b40-36-,41-37-,42-38-. The topological polar surface area (TPSA) is 380 Å². The molecule has 18 unspecified atom stereocenters. The van der Waals surface area contributed by atoms with Crippen molar-refractivity contribution in [1.82, 2.24) is 0 Å². The van der Waals surface area contributed by atoms with Crippen LogP contribution >= 0.6 is 7.82 Å². The molecule has 0 aromatic heterocycles. The van der Waals surface area contributed by atoms with E-state index in [0.29, 0.717) is 44.9 Å². The maximum atomic E-state index is 14.9. The van der Waals surface area contributed by atoms with Crippen LogP contribution in [0.1, 0.15) is 368 Å². The molecule has 3 aliphatic rings. The maximum Gasteiger partial charge on any atom is 0.472 e. The molecular formula is C88H159O25P. The van der Waals surface area contributed by atoms with Crippen LogP contribution in [0.15, 0.2) is 36.5 Å². The lowest BCUT2D eigenvalue weighted by Crippen LogP contribution is -2.70. The number of esters is 4. The Hall–Kier alpha value is -3.31. The molecule has 0 radical (unpaired) electrons. The van der Waals surface area contributed by atoms with E-state index < -0.39 is 162 Å². The van der Waals surface area contributed by atoms with Gasteiger partial charge in [-0.1, -0.05) is 276 Å². The quantitative estimate of drug-likeness (QED) is 0.00889. The van der Waals surface area contributed by atoms with E-state index in [1.807, 2.05) is 0 Å². The van der Waals surface area contributed by atoms with Crippen molar-refractivity contribution in [2.24, 2.45) is 0 Å². The summed E-state index contributed by atoms with van der Waals surface area (Å²) in [4.78, 5) is 66.3. The average molecular weight is 1650 g/mol. The van der Waals surface area contributed by atoms with Crippen molar-refractivity contribution in [2.45, 2.75) is 472 Å². The fraction of sp³-hybridized carbons (Fsp3) is 0.886. The number of ether oxygens (including phenoxy) is 8. The van der Waals surface area contributed by atoms with Gasteiger partial charge in [-0.3, -0.25) is 28.2 Å². The molecule has 3 fully saturated rings. The summed E-state index contributed by atoms with van der Waals surface area (Å²) in [7, 11) is -5.81. The van der Waals surface area contributed by atoms with Gasteiger partial charge in [-0.05, 0) is 103 Å². The smallest absolute Gasteiger partial charge is 0.463 e. The van der Waals surface area contributed by atoms with Crippen molar-refractivity contribution in [3.05, 3.63) is 36.5 Å². The lowest BCUT2D eigenvalue weighted by atomic mass is 9.84. The van der Waals surface area contributed by atoms with Gasteiger partial charge in [0.05, 0.1) is 13.2 Å². The largest absolute Gasteiger partial charge is 0.472 e. The van der Waals surface area contributed by atoms with Gasteiger partial charge in [0.25, 0.3) is 0 Å². The van der Waals surface area contributed by atoms with Crippen molar-refractivity contribution in [3.63, 3.8) is 0 Å². The molecule has 10 N–H and O–H groups in total. The summed E-state index contributed by atoms with van der Waals surface area (Å²) in [6.07, 6.45) is 27.4. The highest BCUT2D eigenvalue weighted by atomic mass is 31.2. The third kappa shape index (κ3) is 47.6.